The van der Waals surface area contributed by atoms with Gasteiger partial charge in [0.15, 0.2) is 0 Å². The Morgan fingerprint density at radius 3 is 1.52 bits per heavy atom. The number of pyridine rings is 1. The molecule has 1 aromatic rings. The number of nitrogens with zero attached hydrogens (tertiary/aromatic N) is 3. The minimum atomic E-state index is -5.08. The number of carboxylic acids is 3. The minimum Gasteiger partial charge on any atom is -0.475 e. The van der Waals surface area contributed by atoms with Gasteiger partial charge in [0.05, 0.1) is 0 Å². The molecule has 0 aromatic carbocycles. The average molecular weight is 628 g/mol. The second-order valence-electron chi connectivity index (χ2n) is 9.97. The summed E-state index contributed by atoms with van der Waals surface area (Å²) in [5.74, 6) is -7.22. The highest BCUT2D eigenvalue weighted by Gasteiger charge is 2.41. The van der Waals surface area contributed by atoms with E-state index >= 15 is 0 Å². The lowest BCUT2D eigenvalue weighted by atomic mass is 9.77. The van der Waals surface area contributed by atoms with E-state index in [0.29, 0.717) is 5.41 Å². The van der Waals surface area contributed by atoms with Crippen LogP contribution in [0.5, 0.6) is 0 Å². The lowest BCUT2D eigenvalue weighted by Gasteiger charge is -2.39. The van der Waals surface area contributed by atoms with Crippen LogP contribution in [0.1, 0.15) is 37.7 Å². The first-order chi connectivity index (χ1) is 19.1. The number of carbonyl (C=O) groups is 3. The molecule has 0 atom stereocenters. The predicted octanol–water partition coefficient (Wildman–Crippen LogP) is 4.68. The molecule has 3 fully saturated rings. The predicted molar refractivity (Wildman–Crippen MR) is 126 cm³/mol. The zero-order valence-corrected chi connectivity index (χ0v) is 22.0. The molecule has 9 nitrogen and oxygen atoms in total. The van der Waals surface area contributed by atoms with E-state index in [0.717, 1.165) is 12.5 Å². The number of carboxylic acid groups (broad SMARTS) is 3. The molecular weight excluding hydrogens is 597 g/mol. The van der Waals surface area contributed by atoms with E-state index in [9.17, 15) is 39.5 Å². The zero-order chi connectivity index (χ0) is 32.4. The number of piperidine rings is 1. The van der Waals surface area contributed by atoms with E-state index in [1.165, 1.54) is 70.4 Å². The van der Waals surface area contributed by atoms with Crippen LogP contribution in [0, 0.1) is 11.3 Å². The van der Waals surface area contributed by atoms with Crippen LogP contribution in [-0.4, -0.2) is 99.3 Å². The summed E-state index contributed by atoms with van der Waals surface area (Å²) in [5.41, 5.74) is 1.99. The van der Waals surface area contributed by atoms with Gasteiger partial charge in [-0.1, -0.05) is 6.07 Å². The number of alkyl halides is 9. The topological polar surface area (TPSA) is 131 Å². The van der Waals surface area contributed by atoms with Crippen LogP contribution in [0.3, 0.4) is 0 Å². The Labute approximate surface area is 233 Å². The van der Waals surface area contributed by atoms with Gasteiger partial charge < -0.3 is 20.2 Å². The van der Waals surface area contributed by atoms with Crippen molar-refractivity contribution in [1.82, 2.24) is 14.8 Å². The van der Waals surface area contributed by atoms with Crippen molar-refractivity contribution < 1.29 is 69.2 Å². The third-order valence-corrected chi connectivity index (χ3v) is 6.50. The monoisotopic (exact) mass is 627 g/mol. The van der Waals surface area contributed by atoms with Gasteiger partial charge in [0.25, 0.3) is 0 Å². The smallest absolute Gasteiger partial charge is 0.475 e. The van der Waals surface area contributed by atoms with E-state index in [-0.39, 0.29) is 0 Å². The third kappa shape index (κ3) is 14.7. The Bertz CT molecular complexity index is 951. The molecule has 1 spiro atoms. The molecule has 0 amide bonds. The van der Waals surface area contributed by atoms with E-state index < -0.39 is 36.4 Å². The fourth-order valence-corrected chi connectivity index (χ4v) is 4.20. The number of aliphatic carboxylic acids is 3. The minimum absolute atomic E-state index is 0.627. The van der Waals surface area contributed by atoms with Crippen LogP contribution in [-0.2, 0) is 20.9 Å². The Balaban J connectivity index is 0.000000348. The van der Waals surface area contributed by atoms with Gasteiger partial charge in [0.2, 0.25) is 0 Å². The van der Waals surface area contributed by atoms with Crippen molar-refractivity contribution >= 4 is 17.9 Å². The third-order valence-electron chi connectivity index (χ3n) is 6.50. The van der Waals surface area contributed by atoms with E-state index in [2.05, 4.69) is 26.9 Å². The van der Waals surface area contributed by atoms with Gasteiger partial charge in [-0.15, -0.1) is 0 Å². The lowest BCUT2D eigenvalue weighted by Crippen LogP contribution is -2.42. The molecule has 3 aliphatic rings. The van der Waals surface area contributed by atoms with Crippen molar-refractivity contribution in [2.45, 2.75) is 57.2 Å². The van der Waals surface area contributed by atoms with Gasteiger partial charge in [-0.25, -0.2) is 14.4 Å². The number of likely N-dealkylation sites (tertiary alicyclic amines) is 2. The van der Waals surface area contributed by atoms with E-state index in [1.807, 2.05) is 12.4 Å². The summed E-state index contributed by atoms with van der Waals surface area (Å²) in [6.45, 7) is 7.74. The molecular formula is C24H30F9N3O6. The molecule has 2 aliphatic heterocycles. The Morgan fingerprint density at radius 1 is 0.786 bits per heavy atom. The maximum absolute atomic E-state index is 10.6. The lowest BCUT2D eigenvalue weighted by molar-refractivity contribution is -0.193. The van der Waals surface area contributed by atoms with Gasteiger partial charge >= 0.3 is 36.4 Å². The van der Waals surface area contributed by atoms with Crippen LogP contribution >= 0.6 is 0 Å². The first-order valence-electron chi connectivity index (χ1n) is 12.4. The SMILES string of the molecule is O=C(O)C(F)(F)F.O=C(O)C(F)(F)F.O=C(O)C(F)(F)F.c1cncc(CN2CCC3(CCN(CC4CC4)CC3)C2)c1. The number of aromatic nitrogens is 1. The number of hydrogen-bond donors (Lipinski definition) is 3. The fourth-order valence-electron chi connectivity index (χ4n) is 4.20. The van der Waals surface area contributed by atoms with Crippen LogP contribution in [0.4, 0.5) is 39.5 Å². The first-order valence-corrected chi connectivity index (χ1v) is 12.4. The molecule has 3 heterocycles. The summed E-state index contributed by atoms with van der Waals surface area (Å²) < 4.78 is 95.2. The Morgan fingerprint density at radius 2 is 1.19 bits per heavy atom. The van der Waals surface area contributed by atoms with Crippen LogP contribution < -0.4 is 0 Å². The molecule has 240 valence electrons. The van der Waals surface area contributed by atoms with Gasteiger partial charge in [-0.05, 0) is 74.7 Å². The molecule has 1 aliphatic carbocycles. The highest BCUT2D eigenvalue weighted by Crippen LogP contribution is 2.41. The molecule has 0 bridgehead atoms. The first kappa shape index (κ1) is 36.9. The van der Waals surface area contributed by atoms with Crippen molar-refractivity contribution in [2.24, 2.45) is 11.3 Å². The molecule has 4 rings (SSSR count). The summed E-state index contributed by atoms with van der Waals surface area (Å²) in [6.07, 6.45) is -4.15. The molecule has 1 aromatic heterocycles. The van der Waals surface area contributed by atoms with Crippen LogP contribution in [0.15, 0.2) is 24.5 Å². The summed E-state index contributed by atoms with van der Waals surface area (Å²) >= 11 is 0. The fraction of sp³-hybridized carbons (Fsp3) is 0.667. The molecule has 2 saturated heterocycles. The van der Waals surface area contributed by atoms with E-state index in [1.54, 1.807) is 0 Å². The summed E-state index contributed by atoms with van der Waals surface area (Å²) in [4.78, 5) is 36.3. The maximum Gasteiger partial charge on any atom is 0.490 e. The van der Waals surface area contributed by atoms with E-state index in [4.69, 9.17) is 29.7 Å². The summed E-state index contributed by atoms with van der Waals surface area (Å²) in [6, 6.07) is 4.26. The summed E-state index contributed by atoms with van der Waals surface area (Å²) in [5, 5.41) is 21.4. The van der Waals surface area contributed by atoms with Gasteiger partial charge in [0, 0.05) is 32.0 Å². The Hall–Kier alpha value is -3.15. The zero-order valence-electron chi connectivity index (χ0n) is 22.0. The number of rotatable bonds is 4. The molecule has 0 unspecified atom stereocenters. The molecule has 18 heteroatoms. The number of halogens is 9. The van der Waals surface area contributed by atoms with Crippen molar-refractivity contribution in [3.8, 4) is 0 Å². The highest BCUT2D eigenvalue weighted by atomic mass is 19.4. The van der Waals surface area contributed by atoms with Crippen LogP contribution in [0.2, 0.25) is 0 Å². The summed E-state index contributed by atoms with van der Waals surface area (Å²) in [7, 11) is 0. The van der Waals surface area contributed by atoms with Crippen molar-refractivity contribution in [1.29, 1.82) is 0 Å². The van der Waals surface area contributed by atoms with Gasteiger partial charge in [-0.2, -0.15) is 39.5 Å². The average Bonchev–Trinajstić information content (AvgIpc) is 3.60. The highest BCUT2D eigenvalue weighted by molar-refractivity contribution is 5.73. The standard InChI is InChI=1S/C18H27N3.3C2HF3O2/c1-2-17(12-19-8-1)14-21-11-7-18(15-21)5-9-20(10-6-18)13-16-3-4-16;3*3-2(4,5)1(6)7/h1-2,8,12,16H,3-7,9-11,13-15H2;3*(H,6,7). The molecule has 3 N–H and O–H groups in total. The van der Waals surface area contributed by atoms with Crippen molar-refractivity contribution in [3.05, 3.63) is 30.1 Å². The van der Waals surface area contributed by atoms with Crippen LogP contribution in [0.25, 0.3) is 0 Å². The Kier molecular flexibility index (Phi) is 13.5. The second kappa shape index (κ2) is 15.4. The molecule has 42 heavy (non-hydrogen) atoms. The molecule has 1 saturated carbocycles. The van der Waals surface area contributed by atoms with Gasteiger partial charge in [0.1, 0.15) is 0 Å². The largest absolute Gasteiger partial charge is 0.490 e. The van der Waals surface area contributed by atoms with Crippen molar-refractivity contribution in [3.63, 3.8) is 0 Å². The normalized spacial score (nSPS) is 18.9. The quantitative estimate of drug-likeness (QED) is 0.408. The number of hydrogen-bond acceptors (Lipinski definition) is 6. The maximum atomic E-state index is 10.6. The molecule has 0 radical (unpaired) electrons. The second-order valence-corrected chi connectivity index (χ2v) is 9.97. The van der Waals surface area contributed by atoms with Crippen molar-refractivity contribution in [2.75, 3.05) is 32.7 Å². The van der Waals surface area contributed by atoms with Gasteiger partial charge in [-0.3, -0.25) is 9.88 Å².